The van der Waals surface area contributed by atoms with E-state index < -0.39 is 15.2 Å². The first-order valence-electron chi connectivity index (χ1n) is 5.32. The van der Waals surface area contributed by atoms with Crippen LogP contribution in [0.4, 0.5) is 0 Å². The average molecular weight is 255 g/mol. The molecule has 1 heterocycles. The number of hydrogen-bond acceptors (Lipinski definition) is 4. The Labute approximate surface area is 102 Å². The summed E-state index contributed by atoms with van der Waals surface area (Å²) in [6.07, 6.45) is 3.24. The third-order valence-corrected chi connectivity index (χ3v) is 5.23. The standard InChI is InChI=1S/C10H18BNO2SSi/c1-16(2,3)5-4-15-10-6-9(11(13)14)7-12-8-10/h6-8,13-14H,4-5H2,1-3H3. The Morgan fingerprint density at radius 3 is 2.56 bits per heavy atom. The van der Waals surface area contributed by atoms with Crippen LogP contribution in [-0.4, -0.2) is 36.0 Å². The third-order valence-electron chi connectivity index (χ3n) is 2.15. The summed E-state index contributed by atoms with van der Waals surface area (Å²) in [7, 11) is -2.41. The predicted octanol–water partition coefficient (Wildman–Crippen LogP) is 1.19. The van der Waals surface area contributed by atoms with E-state index in [2.05, 4.69) is 24.6 Å². The molecule has 88 valence electrons. The molecule has 0 radical (unpaired) electrons. The highest BCUT2D eigenvalue weighted by atomic mass is 32.2. The zero-order valence-corrected chi connectivity index (χ0v) is 11.8. The van der Waals surface area contributed by atoms with Gasteiger partial charge in [-0.15, -0.1) is 11.8 Å². The van der Waals surface area contributed by atoms with Crippen LogP contribution in [0.15, 0.2) is 23.4 Å². The SMILES string of the molecule is C[Si](C)(C)CCSc1cncc(B(O)O)c1. The normalized spacial score (nSPS) is 11.6. The van der Waals surface area contributed by atoms with Crippen LogP contribution >= 0.6 is 11.8 Å². The van der Waals surface area contributed by atoms with Crippen molar-refractivity contribution >= 4 is 32.4 Å². The van der Waals surface area contributed by atoms with E-state index in [1.807, 2.05) is 0 Å². The van der Waals surface area contributed by atoms with E-state index in [1.54, 1.807) is 24.0 Å². The molecule has 1 aromatic heterocycles. The van der Waals surface area contributed by atoms with Gasteiger partial charge >= 0.3 is 7.12 Å². The summed E-state index contributed by atoms with van der Waals surface area (Å²) in [6.45, 7) is 7.04. The first-order valence-corrected chi connectivity index (χ1v) is 10.0. The Kier molecular flexibility index (Phi) is 5.04. The van der Waals surface area contributed by atoms with Gasteiger partial charge in [-0.3, -0.25) is 4.98 Å². The van der Waals surface area contributed by atoms with E-state index in [1.165, 1.54) is 12.2 Å². The Morgan fingerprint density at radius 2 is 2.00 bits per heavy atom. The fraction of sp³-hybridized carbons (Fsp3) is 0.500. The fourth-order valence-electron chi connectivity index (χ4n) is 1.13. The Hall–Kier alpha value is -0.298. The highest BCUT2D eigenvalue weighted by Gasteiger charge is 2.14. The highest BCUT2D eigenvalue weighted by molar-refractivity contribution is 7.99. The van der Waals surface area contributed by atoms with Crippen molar-refractivity contribution < 1.29 is 10.0 Å². The number of pyridine rings is 1. The summed E-state index contributed by atoms with van der Waals surface area (Å²) in [5.74, 6) is 1.07. The maximum absolute atomic E-state index is 9.02. The van der Waals surface area contributed by atoms with Gasteiger partial charge in [0.05, 0.1) is 0 Å². The summed E-state index contributed by atoms with van der Waals surface area (Å²) < 4.78 is 0. The molecule has 0 saturated heterocycles. The Bertz CT molecular complexity index is 344. The van der Waals surface area contributed by atoms with Gasteiger partial charge < -0.3 is 10.0 Å². The second-order valence-electron chi connectivity index (χ2n) is 4.99. The number of nitrogens with zero attached hydrogens (tertiary/aromatic N) is 1. The molecule has 0 atom stereocenters. The number of hydrogen-bond donors (Lipinski definition) is 2. The van der Waals surface area contributed by atoms with Gasteiger partial charge in [0.1, 0.15) is 0 Å². The zero-order valence-electron chi connectivity index (χ0n) is 9.97. The van der Waals surface area contributed by atoms with Gasteiger partial charge in [0.15, 0.2) is 0 Å². The molecule has 0 saturated carbocycles. The molecule has 0 amide bonds. The Morgan fingerprint density at radius 1 is 1.31 bits per heavy atom. The second-order valence-corrected chi connectivity index (χ2v) is 11.8. The van der Waals surface area contributed by atoms with Crippen molar-refractivity contribution in [3.8, 4) is 0 Å². The summed E-state index contributed by atoms with van der Waals surface area (Å²) >= 11 is 1.73. The summed E-state index contributed by atoms with van der Waals surface area (Å²) in [4.78, 5) is 5.00. The van der Waals surface area contributed by atoms with Crippen molar-refractivity contribution in [2.24, 2.45) is 0 Å². The molecule has 16 heavy (non-hydrogen) atoms. The van der Waals surface area contributed by atoms with E-state index in [4.69, 9.17) is 10.0 Å². The Balaban J connectivity index is 2.51. The smallest absolute Gasteiger partial charge is 0.423 e. The van der Waals surface area contributed by atoms with Crippen LogP contribution in [0.25, 0.3) is 0 Å². The monoisotopic (exact) mass is 255 g/mol. The van der Waals surface area contributed by atoms with Crippen molar-refractivity contribution in [1.29, 1.82) is 0 Å². The van der Waals surface area contributed by atoms with Crippen molar-refractivity contribution in [2.75, 3.05) is 5.75 Å². The molecule has 6 heteroatoms. The predicted molar refractivity (Wildman–Crippen MR) is 72.9 cm³/mol. The molecule has 1 rings (SSSR count). The van der Waals surface area contributed by atoms with E-state index in [0.717, 1.165) is 10.6 Å². The lowest BCUT2D eigenvalue weighted by molar-refractivity contribution is 0.425. The van der Waals surface area contributed by atoms with Crippen molar-refractivity contribution in [1.82, 2.24) is 4.98 Å². The summed E-state index contributed by atoms with van der Waals surface area (Å²) in [5.41, 5.74) is 0.456. The maximum Gasteiger partial charge on any atom is 0.490 e. The van der Waals surface area contributed by atoms with Gasteiger partial charge in [0.2, 0.25) is 0 Å². The first kappa shape index (κ1) is 13.8. The van der Waals surface area contributed by atoms with Crippen LogP contribution in [0.3, 0.4) is 0 Å². The molecule has 0 spiro atoms. The van der Waals surface area contributed by atoms with Crippen LogP contribution < -0.4 is 5.46 Å². The minimum Gasteiger partial charge on any atom is -0.423 e. The lowest BCUT2D eigenvalue weighted by atomic mass is 9.82. The first-order chi connectivity index (χ1) is 7.38. The summed E-state index contributed by atoms with van der Waals surface area (Å²) in [6, 6.07) is 3.04. The molecule has 0 aliphatic heterocycles. The number of rotatable bonds is 5. The van der Waals surface area contributed by atoms with Gasteiger partial charge in [-0.05, 0) is 17.9 Å². The average Bonchev–Trinajstić information content (AvgIpc) is 2.16. The molecular weight excluding hydrogens is 237 g/mol. The largest absolute Gasteiger partial charge is 0.490 e. The number of thioether (sulfide) groups is 1. The van der Waals surface area contributed by atoms with Crippen molar-refractivity contribution in [3.63, 3.8) is 0 Å². The van der Waals surface area contributed by atoms with Gasteiger partial charge in [-0.2, -0.15) is 0 Å². The van der Waals surface area contributed by atoms with Crippen LogP contribution in [0, 0.1) is 0 Å². The van der Waals surface area contributed by atoms with Gasteiger partial charge in [-0.1, -0.05) is 19.6 Å². The molecule has 0 aromatic carbocycles. The molecule has 0 aliphatic rings. The van der Waals surface area contributed by atoms with E-state index >= 15 is 0 Å². The molecule has 0 fully saturated rings. The van der Waals surface area contributed by atoms with Gasteiger partial charge in [0, 0.05) is 30.8 Å². The zero-order chi connectivity index (χ0) is 12.2. The van der Waals surface area contributed by atoms with Crippen molar-refractivity contribution in [3.05, 3.63) is 18.5 Å². The molecule has 0 aliphatic carbocycles. The van der Waals surface area contributed by atoms with Gasteiger partial charge in [-0.25, -0.2) is 0 Å². The molecule has 1 aromatic rings. The lowest BCUT2D eigenvalue weighted by Gasteiger charge is -2.14. The van der Waals surface area contributed by atoms with Gasteiger partial charge in [0.25, 0.3) is 0 Å². The van der Waals surface area contributed by atoms with E-state index in [9.17, 15) is 0 Å². The molecule has 0 bridgehead atoms. The van der Waals surface area contributed by atoms with E-state index in [0.29, 0.717) is 5.46 Å². The molecular formula is C10H18BNO2SSi. The minimum absolute atomic E-state index is 0.456. The van der Waals surface area contributed by atoms with Crippen molar-refractivity contribution in [2.45, 2.75) is 30.6 Å². The topological polar surface area (TPSA) is 53.4 Å². The fourth-order valence-corrected chi connectivity index (χ4v) is 4.58. The van der Waals surface area contributed by atoms with Crippen LogP contribution in [-0.2, 0) is 0 Å². The molecule has 2 N–H and O–H groups in total. The molecule has 3 nitrogen and oxygen atoms in total. The van der Waals surface area contributed by atoms with E-state index in [-0.39, 0.29) is 0 Å². The third kappa shape index (κ3) is 5.16. The summed E-state index contributed by atoms with van der Waals surface area (Å²) in [5, 5.41) is 18.0. The van der Waals surface area contributed by atoms with Crippen LogP contribution in [0.2, 0.25) is 25.7 Å². The van der Waals surface area contributed by atoms with Crippen LogP contribution in [0.5, 0.6) is 0 Å². The quantitative estimate of drug-likeness (QED) is 0.613. The number of aromatic nitrogens is 1. The second kappa shape index (κ2) is 5.86. The minimum atomic E-state index is -1.43. The highest BCUT2D eigenvalue weighted by Crippen LogP contribution is 2.20. The molecule has 0 unspecified atom stereocenters. The maximum atomic E-state index is 9.02. The van der Waals surface area contributed by atoms with Crippen LogP contribution in [0.1, 0.15) is 0 Å². The lowest BCUT2D eigenvalue weighted by Crippen LogP contribution is -2.30.